The molecule has 4 fully saturated rings. The third kappa shape index (κ3) is 6.29. The van der Waals surface area contributed by atoms with Gasteiger partial charge in [-0.15, -0.1) is 0 Å². The van der Waals surface area contributed by atoms with Crippen molar-refractivity contribution in [2.75, 3.05) is 27.3 Å². The van der Waals surface area contributed by atoms with Crippen molar-refractivity contribution < 1.29 is 19.1 Å². The highest BCUT2D eigenvalue weighted by Gasteiger charge is 2.63. The fourth-order valence-corrected chi connectivity index (χ4v) is 10.1. The van der Waals surface area contributed by atoms with E-state index in [4.69, 9.17) is 9.47 Å². The summed E-state index contributed by atoms with van der Waals surface area (Å²) in [7, 11) is 2.98. The molecule has 0 heterocycles. The topological polar surface area (TPSA) is 88.7 Å². The molecular weight excluding hydrogens is 490 g/mol. The Kier molecular flexibility index (Phi) is 9.95. The second-order valence-corrected chi connectivity index (χ2v) is 14.3. The van der Waals surface area contributed by atoms with Gasteiger partial charge >= 0.3 is 12.1 Å². The zero-order valence-corrected chi connectivity index (χ0v) is 25.8. The van der Waals surface area contributed by atoms with Crippen LogP contribution in [0.3, 0.4) is 0 Å². The molecule has 0 aromatic heterocycles. The summed E-state index contributed by atoms with van der Waals surface area (Å²) in [5.74, 6) is 3.40. The predicted molar refractivity (Wildman–Crippen MR) is 155 cm³/mol. The van der Waals surface area contributed by atoms with Crippen molar-refractivity contribution in [1.29, 1.82) is 0 Å². The van der Waals surface area contributed by atoms with Gasteiger partial charge in [-0.25, -0.2) is 4.79 Å². The van der Waals surface area contributed by atoms with E-state index in [1.54, 1.807) is 0 Å². The number of fused-ring (bicyclic) bond motifs is 5. The summed E-state index contributed by atoms with van der Waals surface area (Å²) in [5, 5.41) is 10.7. The van der Waals surface area contributed by atoms with Gasteiger partial charge in [0.15, 0.2) is 0 Å². The maximum absolute atomic E-state index is 12.6. The molecule has 4 aliphatic rings. The minimum absolute atomic E-state index is 0.0971. The predicted octanol–water partition coefficient (Wildman–Crippen LogP) is 5.53. The summed E-state index contributed by atoms with van der Waals surface area (Å²) in [5.41, 5.74) is 0.599. The molecule has 3 N–H and O–H groups in total. The van der Waals surface area contributed by atoms with Crippen LogP contribution in [0.5, 0.6) is 0 Å². The Morgan fingerprint density at radius 3 is 2.31 bits per heavy atom. The number of esters is 1. The lowest BCUT2D eigenvalue weighted by Gasteiger charge is -2.63. The molecule has 4 aliphatic carbocycles. The summed E-state index contributed by atoms with van der Waals surface area (Å²) in [4.78, 5) is 24.5. The van der Waals surface area contributed by atoms with E-state index < -0.39 is 0 Å². The lowest BCUT2D eigenvalue weighted by atomic mass is 9.43. The number of alkyl carbamates (subject to hydrolysis) is 1. The van der Waals surface area contributed by atoms with Gasteiger partial charge in [0.05, 0.1) is 14.2 Å². The maximum atomic E-state index is 12.6. The third-order valence-electron chi connectivity index (χ3n) is 12.1. The molecule has 7 heteroatoms. The highest BCUT2D eigenvalue weighted by molar-refractivity contribution is 5.69. The first-order valence-electron chi connectivity index (χ1n) is 15.9. The molecule has 10 atom stereocenters. The Morgan fingerprint density at radius 2 is 1.62 bits per heavy atom. The molecule has 0 aromatic carbocycles. The minimum atomic E-state index is -0.277. The maximum Gasteiger partial charge on any atom is 0.407 e. The number of carbonyl (C=O) groups excluding carboxylic acids is 2. The Labute approximate surface area is 237 Å². The van der Waals surface area contributed by atoms with Crippen molar-refractivity contribution in [3.63, 3.8) is 0 Å². The van der Waals surface area contributed by atoms with Crippen molar-refractivity contribution in [1.82, 2.24) is 16.0 Å². The molecule has 4 rings (SSSR count). The fourth-order valence-electron chi connectivity index (χ4n) is 10.1. The van der Waals surface area contributed by atoms with Crippen molar-refractivity contribution in [3.05, 3.63) is 0 Å². The molecule has 0 radical (unpaired) electrons. The highest BCUT2D eigenvalue weighted by Crippen LogP contribution is 2.68. The summed E-state index contributed by atoms with van der Waals surface area (Å²) < 4.78 is 10.1. The number of nitrogens with one attached hydrogen (secondary N) is 3. The summed E-state index contributed by atoms with van der Waals surface area (Å²) in [6, 6.07) is 1.26. The number of amides is 1. The van der Waals surface area contributed by atoms with Crippen LogP contribution in [-0.4, -0.2) is 57.5 Å². The van der Waals surface area contributed by atoms with Crippen LogP contribution in [0.25, 0.3) is 0 Å². The van der Waals surface area contributed by atoms with Crippen LogP contribution in [0, 0.1) is 46.3 Å². The fraction of sp³-hybridized carbons (Fsp3) is 0.938. The van der Waals surface area contributed by atoms with Crippen molar-refractivity contribution in [2.45, 2.75) is 117 Å². The van der Waals surface area contributed by atoms with Crippen LogP contribution in [-0.2, 0) is 14.3 Å². The molecule has 0 aliphatic heterocycles. The lowest BCUT2D eigenvalue weighted by molar-refractivity contribution is -0.141. The number of carbonyl (C=O) groups is 2. The number of hydrogen-bond donors (Lipinski definition) is 3. The number of methoxy groups -OCH3 is 2. The van der Waals surface area contributed by atoms with Crippen LogP contribution in [0.2, 0.25) is 0 Å². The molecule has 39 heavy (non-hydrogen) atoms. The van der Waals surface area contributed by atoms with Crippen molar-refractivity contribution >= 4 is 12.1 Å². The van der Waals surface area contributed by atoms with Gasteiger partial charge in [-0.2, -0.15) is 0 Å². The molecule has 4 saturated carbocycles. The van der Waals surface area contributed by atoms with E-state index in [2.05, 4.69) is 50.6 Å². The summed E-state index contributed by atoms with van der Waals surface area (Å²) >= 11 is 0. The monoisotopic (exact) mass is 547 g/mol. The average molecular weight is 548 g/mol. The second kappa shape index (κ2) is 12.7. The van der Waals surface area contributed by atoms with Crippen molar-refractivity contribution in [2.24, 2.45) is 46.3 Å². The quantitative estimate of drug-likeness (QED) is 0.246. The van der Waals surface area contributed by atoms with Crippen LogP contribution in [0.1, 0.15) is 98.8 Å². The molecule has 0 spiro atoms. The van der Waals surface area contributed by atoms with E-state index >= 15 is 0 Å². The Balaban J connectivity index is 1.51. The van der Waals surface area contributed by atoms with Crippen LogP contribution in [0.15, 0.2) is 0 Å². The smallest absolute Gasteiger partial charge is 0.407 e. The van der Waals surface area contributed by atoms with Crippen molar-refractivity contribution in [3.8, 4) is 0 Å². The van der Waals surface area contributed by atoms with Gasteiger partial charge in [-0.3, -0.25) is 4.79 Å². The average Bonchev–Trinajstić information content (AvgIpc) is 3.26. The Hall–Kier alpha value is -1.34. The van der Waals surface area contributed by atoms with E-state index in [0.717, 1.165) is 25.9 Å². The normalized spacial score (nSPS) is 40.3. The third-order valence-corrected chi connectivity index (χ3v) is 12.1. The van der Waals surface area contributed by atoms with Crippen LogP contribution in [0.4, 0.5) is 4.79 Å². The Morgan fingerprint density at radius 1 is 0.897 bits per heavy atom. The molecule has 4 unspecified atom stereocenters. The zero-order valence-electron chi connectivity index (χ0n) is 25.8. The number of hydrogen-bond acceptors (Lipinski definition) is 6. The zero-order chi connectivity index (χ0) is 28.4. The molecule has 0 saturated heterocycles. The SMILES string of the molecule is COC(=O)CC[C@@H](C)[C@H]1CCC2C3C(CC[C@@]21C)[C@@]1(C)CCC(NCCNC(C)C)C[C@@H]1C[C@H]3NC(=O)OC. The molecule has 1 amide bonds. The van der Waals surface area contributed by atoms with Gasteiger partial charge < -0.3 is 25.4 Å². The second-order valence-electron chi connectivity index (χ2n) is 14.3. The van der Waals surface area contributed by atoms with Gasteiger partial charge in [0.25, 0.3) is 0 Å². The first-order chi connectivity index (χ1) is 18.5. The van der Waals surface area contributed by atoms with Gasteiger partial charge in [-0.1, -0.05) is 34.6 Å². The molecule has 224 valence electrons. The summed E-state index contributed by atoms with van der Waals surface area (Å²) in [6.45, 7) is 13.9. The van der Waals surface area contributed by atoms with Crippen LogP contribution >= 0.6 is 0 Å². The van der Waals surface area contributed by atoms with Gasteiger partial charge in [-0.05, 0) is 104 Å². The van der Waals surface area contributed by atoms with E-state index in [1.165, 1.54) is 59.2 Å². The Bertz CT molecular complexity index is 851. The molecular formula is C32H57N3O4. The standard InChI is InChI=1S/C32H57N3O4/c1-20(2)33-16-17-34-23-12-14-31(4)22(18-23)19-27(35-30(37)39-7)29-25-10-9-24(21(3)8-11-28(36)38-6)32(25,5)15-13-26(29)31/h20-27,29,33-34H,8-19H2,1-7H3,(H,35,37)/t21-,22-,23?,24-,25?,26?,27-,29?,31+,32-/m1/s1. The first-order valence-corrected chi connectivity index (χ1v) is 15.9. The van der Waals surface area contributed by atoms with E-state index in [1.807, 2.05) is 0 Å². The highest BCUT2D eigenvalue weighted by atomic mass is 16.5. The van der Waals surface area contributed by atoms with E-state index in [0.29, 0.717) is 59.4 Å². The number of ether oxygens (including phenoxy) is 2. The largest absolute Gasteiger partial charge is 0.469 e. The first kappa shape index (κ1) is 30.6. The van der Waals surface area contributed by atoms with E-state index in [-0.39, 0.29) is 23.5 Å². The molecule has 0 aromatic rings. The lowest BCUT2D eigenvalue weighted by Crippen LogP contribution is -2.62. The summed E-state index contributed by atoms with van der Waals surface area (Å²) in [6.07, 6.45) is 10.9. The van der Waals surface area contributed by atoms with Gasteiger partial charge in [0.1, 0.15) is 0 Å². The van der Waals surface area contributed by atoms with Gasteiger partial charge in [0.2, 0.25) is 0 Å². The molecule has 7 nitrogen and oxygen atoms in total. The molecule has 0 bridgehead atoms. The van der Waals surface area contributed by atoms with Crippen LogP contribution < -0.4 is 16.0 Å². The van der Waals surface area contributed by atoms with E-state index in [9.17, 15) is 9.59 Å². The number of rotatable bonds is 10. The minimum Gasteiger partial charge on any atom is -0.469 e. The van der Waals surface area contributed by atoms with Gasteiger partial charge in [0, 0.05) is 37.6 Å².